The van der Waals surface area contributed by atoms with Gasteiger partial charge >= 0.3 is 6.03 Å². The lowest BCUT2D eigenvalue weighted by atomic mass is 10.1. The van der Waals surface area contributed by atoms with Crippen LogP contribution in [0.1, 0.15) is 24.9 Å². The predicted octanol–water partition coefficient (Wildman–Crippen LogP) is 2.49. The first kappa shape index (κ1) is 19.1. The standard InChI is InChI=1S/C22H25N3O4/c1-15(16-7-3-2-4-8-16)25-13-17(11-21(25)26)24-22(27)23-12-18-14-28-19-9-5-6-10-20(19)29-18/h2-10,15,17-18H,11-14H2,1H3,(H2,23,24,27). The summed E-state index contributed by atoms with van der Waals surface area (Å²) in [5.41, 5.74) is 1.08. The van der Waals surface area contributed by atoms with Crippen molar-refractivity contribution in [3.8, 4) is 11.5 Å². The van der Waals surface area contributed by atoms with Gasteiger partial charge in [0.1, 0.15) is 6.61 Å². The minimum Gasteiger partial charge on any atom is -0.486 e. The average Bonchev–Trinajstić information content (AvgIpc) is 3.12. The molecule has 1 saturated heterocycles. The van der Waals surface area contributed by atoms with E-state index >= 15 is 0 Å². The molecule has 29 heavy (non-hydrogen) atoms. The van der Waals surface area contributed by atoms with E-state index in [0.717, 1.165) is 5.56 Å². The summed E-state index contributed by atoms with van der Waals surface area (Å²) < 4.78 is 11.5. The monoisotopic (exact) mass is 395 g/mol. The van der Waals surface area contributed by atoms with Crippen molar-refractivity contribution in [2.45, 2.75) is 31.5 Å². The van der Waals surface area contributed by atoms with E-state index in [1.807, 2.05) is 66.4 Å². The molecule has 1 fully saturated rings. The summed E-state index contributed by atoms with van der Waals surface area (Å²) in [6, 6.07) is 16.8. The van der Waals surface area contributed by atoms with Gasteiger partial charge in [0, 0.05) is 13.0 Å². The lowest BCUT2D eigenvalue weighted by molar-refractivity contribution is -0.129. The van der Waals surface area contributed by atoms with Crippen molar-refractivity contribution in [3.63, 3.8) is 0 Å². The predicted molar refractivity (Wildman–Crippen MR) is 108 cm³/mol. The van der Waals surface area contributed by atoms with Crippen LogP contribution in [0.25, 0.3) is 0 Å². The normalized spacial score (nSPS) is 21.6. The quantitative estimate of drug-likeness (QED) is 0.815. The van der Waals surface area contributed by atoms with Crippen LogP contribution >= 0.6 is 0 Å². The third-order valence-electron chi connectivity index (χ3n) is 5.30. The van der Waals surface area contributed by atoms with Gasteiger partial charge in [-0.2, -0.15) is 0 Å². The molecule has 3 atom stereocenters. The Bertz CT molecular complexity index is 873. The van der Waals surface area contributed by atoms with Gasteiger partial charge in [0.05, 0.1) is 18.6 Å². The number of hydrogen-bond donors (Lipinski definition) is 2. The molecule has 0 bridgehead atoms. The molecule has 2 aromatic carbocycles. The number of carbonyl (C=O) groups excluding carboxylic acids is 2. The number of hydrogen-bond acceptors (Lipinski definition) is 4. The maximum Gasteiger partial charge on any atom is 0.315 e. The maximum absolute atomic E-state index is 12.4. The van der Waals surface area contributed by atoms with Crippen LogP contribution in [-0.2, 0) is 4.79 Å². The average molecular weight is 395 g/mol. The number of amides is 3. The van der Waals surface area contributed by atoms with Crippen LogP contribution in [0.5, 0.6) is 11.5 Å². The minimum atomic E-state index is -0.306. The Labute approximate surface area is 170 Å². The number of likely N-dealkylation sites (tertiary alicyclic amines) is 1. The number of benzene rings is 2. The van der Waals surface area contributed by atoms with E-state index in [-0.39, 0.29) is 30.1 Å². The lowest BCUT2D eigenvalue weighted by Gasteiger charge is -2.27. The fraction of sp³-hybridized carbons (Fsp3) is 0.364. The number of rotatable bonds is 5. The second-order valence-electron chi connectivity index (χ2n) is 7.39. The Kier molecular flexibility index (Phi) is 5.55. The van der Waals surface area contributed by atoms with Crippen LogP contribution in [-0.4, -0.2) is 48.7 Å². The first-order chi connectivity index (χ1) is 14.1. The van der Waals surface area contributed by atoms with Crippen LogP contribution in [0, 0.1) is 0 Å². The number of carbonyl (C=O) groups is 2. The van der Waals surface area contributed by atoms with Gasteiger partial charge in [0.25, 0.3) is 0 Å². The molecule has 7 nitrogen and oxygen atoms in total. The van der Waals surface area contributed by atoms with Gasteiger partial charge in [-0.25, -0.2) is 4.79 Å². The summed E-state index contributed by atoms with van der Waals surface area (Å²) in [5, 5.41) is 5.71. The van der Waals surface area contributed by atoms with Crippen molar-refractivity contribution in [1.82, 2.24) is 15.5 Å². The molecule has 2 N–H and O–H groups in total. The number of para-hydroxylation sites is 2. The lowest BCUT2D eigenvalue weighted by Crippen LogP contribution is -2.48. The third-order valence-corrected chi connectivity index (χ3v) is 5.30. The summed E-state index contributed by atoms with van der Waals surface area (Å²) in [7, 11) is 0. The van der Waals surface area contributed by atoms with E-state index in [1.165, 1.54) is 0 Å². The first-order valence-electron chi connectivity index (χ1n) is 9.87. The number of ether oxygens (including phenoxy) is 2. The van der Waals surface area contributed by atoms with Gasteiger partial charge < -0.3 is 25.0 Å². The van der Waals surface area contributed by atoms with Crippen LogP contribution in [0.15, 0.2) is 54.6 Å². The van der Waals surface area contributed by atoms with Crippen molar-refractivity contribution in [1.29, 1.82) is 0 Å². The van der Waals surface area contributed by atoms with E-state index in [4.69, 9.17) is 9.47 Å². The first-order valence-corrected chi connectivity index (χ1v) is 9.87. The number of nitrogens with zero attached hydrogens (tertiary/aromatic N) is 1. The highest BCUT2D eigenvalue weighted by molar-refractivity contribution is 5.82. The van der Waals surface area contributed by atoms with E-state index in [9.17, 15) is 9.59 Å². The van der Waals surface area contributed by atoms with Crippen molar-refractivity contribution in [3.05, 3.63) is 60.2 Å². The Morgan fingerprint density at radius 2 is 1.86 bits per heavy atom. The smallest absolute Gasteiger partial charge is 0.315 e. The second-order valence-corrected chi connectivity index (χ2v) is 7.39. The van der Waals surface area contributed by atoms with Gasteiger partial charge in [0.2, 0.25) is 5.91 Å². The van der Waals surface area contributed by atoms with Crippen LogP contribution < -0.4 is 20.1 Å². The molecule has 4 rings (SSSR count). The maximum atomic E-state index is 12.4. The molecular weight excluding hydrogens is 370 g/mol. The highest BCUT2D eigenvalue weighted by Gasteiger charge is 2.34. The summed E-state index contributed by atoms with van der Waals surface area (Å²) in [6.45, 7) is 3.21. The van der Waals surface area contributed by atoms with E-state index in [1.54, 1.807) is 0 Å². The molecule has 3 unspecified atom stereocenters. The minimum absolute atomic E-state index is 0.0218. The highest BCUT2D eigenvalue weighted by atomic mass is 16.6. The summed E-state index contributed by atoms with van der Waals surface area (Å²) >= 11 is 0. The van der Waals surface area contributed by atoms with Gasteiger partial charge in [-0.1, -0.05) is 42.5 Å². The van der Waals surface area contributed by atoms with E-state index in [2.05, 4.69) is 10.6 Å². The van der Waals surface area contributed by atoms with Gasteiger partial charge in [-0.05, 0) is 24.6 Å². The molecule has 3 amide bonds. The van der Waals surface area contributed by atoms with Crippen molar-refractivity contribution < 1.29 is 19.1 Å². The zero-order chi connectivity index (χ0) is 20.2. The SMILES string of the molecule is CC(c1ccccc1)N1CC(NC(=O)NCC2COc3ccccc3O2)CC1=O. The Hall–Kier alpha value is -3.22. The highest BCUT2D eigenvalue weighted by Crippen LogP contribution is 2.30. The topological polar surface area (TPSA) is 79.9 Å². The Morgan fingerprint density at radius 3 is 2.66 bits per heavy atom. The molecule has 0 spiro atoms. The molecule has 2 heterocycles. The largest absolute Gasteiger partial charge is 0.486 e. The van der Waals surface area contributed by atoms with Gasteiger partial charge in [-0.3, -0.25) is 4.79 Å². The number of urea groups is 1. The van der Waals surface area contributed by atoms with Crippen LogP contribution in [0.3, 0.4) is 0 Å². The molecular formula is C22H25N3O4. The van der Waals surface area contributed by atoms with Gasteiger partial charge in [-0.15, -0.1) is 0 Å². The summed E-state index contributed by atoms with van der Waals surface area (Å²) in [6.07, 6.45) is 0.0524. The molecule has 0 radical (unpaired) electrons. The Morgan fingerprint density at radius 1 is 1.14 bits per heavy atom. The van der Waals surface area contributed by atoms with Crippen molar-refractivity contribution in [2.24, 2.45) is 0 Å². The van der Waals surface area contributed by atoms with Crippen molar-refractivity contribution >= 4 is 11.9 Å². The van der Waals surface area contributed by atoms with E-state index in [0.29, 0.717) is 37.6 Å². The number of fused-ring (bicyclic) bond motifs is 1. The fourth-order valence-corrected chi connectivity index (χ4v) is 3.72. The molecule has 0 aliphatic carbocycles. The molecule has 0 saturated carbocycles. The Balaban J connectivity index is 1.25. The molecule has 2 aliphatic rings. The molecule has 152 valence electrons. The third kappa shape index (κ3) is 4.45. The summed E-state index contributed by atoms with van der Waals surface area (Å²) in [4.78, 5) is 26.5. The van der Waals surface area contributed by atoms with Crippen molar-refractivity contribution in [2.75, 3.05) is 19.7 Å². The fourth-order valence-electron chi connectivity index (χ4n) is 3.72. The van der Waals surface area contributed by atoms with Gasteiger partial charge in [0.15, 0.2) is 17.6 Å². The number of nitrogens with one attached hydrogen (secondary N) is 2. The zero-order valence-electron chi connectivity index (χ0n) is 16.3. The van der Waals surface area contributed by atoms with E-state index < -0.39 is 0 Å². The van der Waals surface area contributed by atoms with Crippen LogP contribution in [0.2, 0.25) is 0 Å². The molecule has 2 aromatic rings. The molecule has 2 aliphatic heterocycles. The van der Waals surface area contributed by atoms with Crippen LogP contribution in [0.4, 0.5) is 4.79 Å². The second kappa shape index (κ2) is 8.43. The zero-order valence-corrected chi connectivity index (χ0v) is 16.3. The molecule has 7 heteroatoms. The molecule has 0 aromatic heterocycles. The summed E-state index contributed by atoms with van der Waals surface area (Å²) in [5.74, 6) is 1.44.